The van der Waals surface area contributed by atoms with Crippen LogP contribution in [0.1, 0.15) is 5.56 Å². The molecule has 3 rings (SSSR count). The van der Waals surface area contributed by atoms with E-state index in [4.69, 9.17) is 0 Å². The van der Waals surface area contributed by atoms with Gasteiger partial charge in [0.2, 0.25) is 0 Å². The molecule has 0 spiro atoms. The SMILES string of the molecule is CN(NC(=O)C(F)(F)F)S(=O)(=O)c1cccc(Nc2cc(Nc3ccc(C(F)(F)F)c(F)c3)ncn2)c1. The van der Waals surface area contributed by atoms with Crippen molar-refractivity contribution in [3.8, 4) is 0 Å². The smallest absolute Gasteiger partial charge is 0.340 e. The Hall–Kier alpha value is -3.99. The number of hydrogen-bond donors (Lipinski definition) is 3. The number of nitrogens with one attached hydrogen (secondary N) is 3. The lowest BCUT2D eigenvalue weighted by atomic mass is 10.2. The Morgan fingerprint density at radius 1 is 0.892 bits per heavy atom. The lowest BCUT2D eigenvalue weighted by Crippen LogP contribution is -2.48. The summed E-state index contributed by atoms with van der Waals surface area (Å²) in [6.07, 6.45) is -9.13. The van der Waals surface area contributed by atoms with Gasteiger partial charge in [-0.2, -0.15) is 26.3 Å². The zero-order valence-corrected chi connectivity index (χ0v) is 19.1. The first-order valence-electron chi connectivity index (χ1n) is 9.77. The van der Waals surface area contributed by atoms with E-state index in [1.165, 1.54) is 23.6 Å². The van der Waals surface area contributed by atoms with Gasteiger partial charge in [-0.05, 0) is 36.4 Å². The normalized spacial score (nSPS) is 12.4. The third-order valence-electron chi connectivity index (χ3n) is 4.50. The lowest BCUT2D eigenvalue weighted by molar-refractivity contribution is -0.176. The quantitative estimate of drug-likeness (QED) is 0.295. The fourth-order valence-corrected chi connectivity index (χ4v) is 3.82. The summed E-state index contributed by atoms with van der Waals surface area (Å²) in [7, 11) is -3.86. The molecule has 0 aliphatic heterocycles. The van der Waals surface area contributed by atoms with Crippen LogP contribution in [0.5, 0.6) is 0 Å². The maximum Gasteiger partial charge on any atom is 0.472 e. The minimum atomic E-state index is -5.31. The Balaban J connectivity index is 1.77. The summed E-state index contributed by atoms with van der Waals surface area (Å²) >= 11 is 0. The highest BCUT2D eigenvalue weighted by Crippen LogP contribution is 2.33. The van der Waals surface area contributed by atoms with Gasteiger partial charge in [0, 0.05) is 24.5 Å². The number of halogens is 7. The van der Waals surface area contributed by atoms with Gasteiger partial charge in [-0.25, -0.2) is 22.8 Å². The molecular formula is C20H15F7N6O3S. The Labute approximate surface area is 204 Å². The average Bonchev–Trinajstić information content (AvgIpc) is 2.78. The summed E-state index contributed by atoms with van der Waals surface area (Å²) in [5.41, 5.74) is -0.162. The number of anilines is 4. The van der Waals surface area contributed by atoms with Gasteiger partial charge in [-0.1, -0.05) is 6.07 Å². The van der Waals surface area contributed by atoms with E-state index < -0.39 is 44.6 Å². The fraction of sp³-hybridized carbons (Fsp3) is 0.150. The molecule has 1 amide bonds. The molecule has 2 aromatic carbocycles. The van der Waals surface area contributed by atoms with E-state index in [0.717, 1.165) is 24.5 Å². The van der Waals surface area contributed by atoms with Crippen molar-refractivity contribution in [1.82, 2.24) is 19.8 Å². The summed E-state index contributed by atoms with van der Waals surface area (Å²) in [5.74, 6) is -3.88. The Morgan fingerprint density at radius 3 is 2.03 bits per heavy atom. The molecule has 0 saturated heterocycles. The number of carbonyl (C=O) groups is 1. The first-order chi connectivity index (χ1) is 17.1. The van der Waals surface area contributed by atoms with E-state index in [1.54, 1.807) is 0 Å². The molecule has 198 valence electrons. The van der Waals surface area contributed by atoms with Gasteiger partial charge in [-0.15, -0.1) is 4.41 Å². The Kier molecular flexibility index (Phi) is 7.59. The number of carbonyl (C=O) groups excluding carboxylic acids is 1. The van der Waals surface area contributed by atoms with Crippen LogP contribution in [0.25, 0.3) is 0 Å². The number of benzene rings is 2. The second kappa shape index (κ2) is 10.2. The minimum Gasteiger partial charge on any atom is -0.340 e. The molecule has 0 radical (unpaired) electrons. The highest BCUT2D eigenvalue weighted by atomic mass is 32.2. The van der Waals surface area contributed by atoms with Crippen LogP contribution in [-0.4, -0.2) is 41.9 Å². The molecule has 3 N–H and O–H groups in total. The fourth-order valence-electron chi connectivity index (χ4n) is 2.77. The van der Waals surface area contributed by atoms with Crippen LogP contribution in [0.2, 0.25) is 0 Å². The lowest BCUT2D eigenvalue weighted by Gasteiger charge is -2.19. The molecule has 37 heavy (non-hydrogen) atoms. The van der Waals surface area contributed by atoms with Crippen LogP contribution in [0.3, 0.4) is 0 Å². The van der Waals surface area contributed by atoms with Crippen molar-refractivity contribution < 1.29 is 43.9 Å². The standard InChI is InChI=1S/C20H15F7N6O3S/c1-33(32-18(34)20(25,26)27)37(35,36)13-4-2-3-11(7-13)30-16-9-17(29-10-28-16)31-12-5-6-14(15(21)8-12)19(22,23)24/h2-10H,1H3,(H,32,34)(H2,28,29,30,31). The maximum atomic E-state index is 13.8. The van der Waals surface area contributed by atoms with Crippen LogP contribution < -0.4 is 16.1 Å². The predicted molar refractivity (Wildman–Crippen MR) is 116 cm³/mol. The van der Waals surface area contributed by atoms with E-state index in [0.29, 0.717) is 19.2 Å². The van der Waals surface area contributed by atoms with E-state index in [9.17, 15) is 43.9 Å². The Bertz CT molecular complexity index is 1410. The molecule has 0 unspecified atom stereocenters. The summed E-state index contributed by atoms with van der Waals surface area (Å²) < 4.78 is 114. The monoisotopic (exact) mass is 552 g/mol. The molecule has 3 aromatic rings. The largest absolute Gasteiger partial charge is 0.472 e. The molecule has 0 saturated carbocycles. The highest BCUT2D eigenvalue weighted by molar-refractivity contribution is 7.89. The number of amides is 1. The van der Waals surface area contributed by atoms with Crippen LogP contribution >= 0.6 is 0 Å². The van der Waals surface area contributed by atoms with Crippen LogP contribution in [0, 0.1) is 5.82 Å². The summed E-state index contributed by atoms with van der Waals surface area (Å²) in [6.45, 7) is 0. The first kappa shape index (κ1) is 27.6. The number of aromatic nitrogens is 2. The van der Waals surface area contributed by atoms with Gasteiger partial charge in [0.25, 0.3) is 10.0 Å². The average molecular weight is 552 g/mol. The summed E-state index contributed by atoms with van der Waals surface area (Å²) in [4.78, 5) is 18.4. The van der Waals surface area contributed by atoms with Crippen molar-refractivity contribution in [3.05, 3.63) is 66.2 Å². The van der Waals surface area contributed by atoms with E-state index in [-0.39, 0.29) is 27.4 Å². The molecule has 1 heterocycles. The van der Waals surface area contributed by atoms with Gasteiger partial charge in [0.1, 0.15) is 23.8 Å². The number of alkyl halides is 6. The van der Waals surface area contributed by atoms with Crippen molar-refractivity contribution in [1.29, 1.82) is 0 Å². The van der Waals surface area contributed by atoms with Crippen LogP contribution in [0.15, 0.2) is 59.8 Å². The van der Waals surface area contributed by atoms with Crippen molar-refractivity contribution in [2.75, 3.05) is 17.7 Å². The topological polar surface area (TPSA) is 116 Å². The predicted octanol–water partition coefficient (Wildman–Crippen LogP) is 4.34. The highest BCUT2D eigenvalue weighted by Gasteiger charge is 2.41. The number of rotatable bonds is 7. The molecule has 0 bridgehead atoms. The van der Waals surface area contributed by atoms with Gasteiger partial charge < -0.3 is 10.6 Å². The molecule has 0 aliphatic rings. The van der Waals surface area contributed by atoms with Crippen LogP contribution in [-0.2, 0) is 21.0 Å². The number of nitrogens with zero attached hydrogens (tertiary/aromatic N) is 3. The van der Waals surface area contributed by atoms with Crippen molar-refractivity contribution in [3.63, 3.8) is 0 Å². The molecule has 0 fully saturated rings. The molecule has 0 aliphatic carbocycles. The third kappa shape index (κ3) is 6.82. The van der Waals surface area contributed by atoms with Gasteiger partial charge >= 0.3 is 18.3 Å². The number of hydrazine groups is 1. The van der Waals surface area contributed by atoms with Crippen molar-refractivity contribution in [2.24, 2.45) is 0 Å². The van der Waals surface area contributed by atoms with E-state index in [1.807, 2.05) is 0 Å². The van der Waals surface area contributed by atoms with Gasteiger partial charge in [-0.3, -0.25) is 10.2 Å². The Morgan fingerprint density at radius 2 is 1.49 bits per heavy atom. The first-order valence-corrected chi connectivity index (χ1v) is 11.2. The summed E-state index contributed by atoms with van der Waals surface area (Å²) in [6, 6.07) is 8.22. The summed E-state index contributed by atoms with van der Waals surface area (Å²) in [5, 5.41) is 5.32. The minimum absolute atomic E-state index is 0.0117. The van der Waals surface area contributed by atoms with Gasteiger partial charge in [0.05, 0.1) is 10.5 Å². The third-order valence-corrected chi connectivity index (χ3v) is 6.16. The second-order valence-corrected chi connectivity index (χ2v) is 9.14. The van der Waals surface area contributed by atoms with Crippen molar-refractivity contribution >= 4 is 38.9 Å². The number of sulfonamides is 1. The number of hydrogen-bond acceptors (Lipinski definition) is 7. The van der Waals surface area contributed by atoms with Gasteiger partial charge in [0.15, 0.2) is 0 Å². The molecular weight excluding hydrogens is 537 g/mol. The van der Waals surface area contributed by atoms with E-state index >= 15 is 0 Å². The maximum absolute atomic E-state index is 13.8. The molecule has 9 nitrogen and oxygen atoms in total. The molecule has 1 aromatic heterocycles. The molecule has 0 atom stereocenters. The zero-order chi connectivity index (χ0) is 27.6. The zero-order valence-electron chi connectivity index (χ0n) is 18.3. The van der Waals surface area contributed by atoms with Crippen molar-refractivity contribution in [2.45, 2.75) is 17.2 Å². The van der Waals surface area contributed by atoms with E-state index in [2.05, 4.69) is 20.6 Å². The second-order valence-electron chi connectivity index (χ2n) is 7.17. The van der Waals surface area contributed by atoms with Crippen LogP contribution in [0.4, 0.5) is 53.7 Å². The molecule has 17 heteroatoms.